The molecule has 1 fully saturated rings. The predicted molar refractivity (Wildman–Crippen MR) is 61.7 cm³/mol. The molecule has 4 nitrogen and oxygen atoms in total. The molecule has 0 aromatic carbocycles. The Balaban J connectivity index is 0. The Bertz CT molecular complexity index is 161. The summed E-state index contributed by atoms with van der Waals surface area (Å²) in [6.07, 6.45) is 2.15. The van der Waals surface area contributed by atoms with E-state index in [2.05, 4.69) is 5.43 Å². The van der Waals surface area contributed by atoms with Gasteiger partial charge < -0.3 is 4.90 Å². The van der Waals surface area contributed by atoms with Crippen molar-refractivity contribution in [3.05, 3.63) is 0 Å². The Morgan fingerprint density at radius 2 is 1.93 bits per heavy atom. The van der Waals surface area contributed by atoms with Gasteiger partial charge in [-0.05, 0) is 18.8 Å². The van der Waals surface area contributed by atoms with Crippen LogP contribution < -0.4 is 11.3 Å². The van der Waals surface area contributed by atoms with Gasteiger partial charge in [-0.3, -0.25) is 16.1 Å². The lowest BCUT2D eigenvalue weighted by Crippen LogP contribution is -2.40. The van der Waals surface area contributed by atoms with Gasteiger partial charge in [-0.2, -0.15) is 0 Å². The van der Waals surface area contributed by atoms with Crippen molar-refractivity contribution in [1.82, 2.24) is 10.3 Å². The summed E-state index contributed by atoms with van der Waals surface area (Å²) in [7, 11) is 0. The lowest BCUT2D eigenvalue weighted by molar-refractivity contribution is -0.130. The van der Waals surface area contributed by atoms with Crippen molar-refractivity contribution >= 4 is 30.7 Å². The lowest BCUT2D eigenvalue weighted by Gasteiger charge is -2.30. The van der Waals surface area contributed by atoms with Gasteiger partial charge in [-0.25, -0.2) is 0 Å². The Labute approximate surface area is 97.4 Å². The number of piperidine rings is 1. The van der Waals surface area contributed by atoms with Crippen LogP contribution in [0.1, 0.15) is 19.8 Å². The van der Waals surface area contributed by atoms with Crippen molar-refractivity contribution in [2.45, 2.75) is 19.8 Å². The maximum atomic E-state index is 10.9. The van der Waals surface area contributed by atoms with Crippen molar-refractivity contribution in [1.29, 1.82) is 0 Å². The van der Waals surface area contributed by atoms with E-state index >= 15 is 0 Å². The molecule has 86 valence electrons. The number of halogens is 2. The summed E-state index contributed by atoms with van der Waals surface area (Å²) in [4.78, 5) is 12.8. The highest BCUT2D eigenvalue weighted by Gasteiger charge is 2.19. The third kappa shape index (κ3) is 5.00. The van der Waals surface area contributed by atoms with E-state index in [1.807, 2.05) is 4.90 Å². The van der Waals surface area contributed by atoms with Crippen LogP contribution in [0.15, 0.2) is 0 Å². The number of nitrogens with two attached hydrogens (primary N) is 1. The monoisotopic (exact) mass is 243 g/mol. The molecule has 1 heterocycles. The van der Waals surface area contributed by atoms with E-state index in [1.165, 1.54) is 0 Å². The highest BCUT2D eigenvalue weighted by molar-refractivity contribution is 5.85. The van der Waals surface area contributed by atoms with Crippen molar-refractivity contribution in [3.63, 3.8) is 0 Å². The van der Waals surface area contributed by atoms with Crippen LogP contribution in [0.25, 0.3) is 0 Å². The van der Waals surface area contributed by atoms with Gasteiger partial charge in [0.1, 0.15) is 0 Å². The van der Waals surface area contributed by atoms with E-state index < -0.39 is 0 Å². The number of nitrogens with one attached hydrogen (secondary N) is 1. The van der Waals surface area contributed by atoms with Crippen LogP contribution in [-0.2, 0) is 4.79 Å². The molecule has 1 rings (SSSR count). The molecule has 0 saturated carbocycles. The summed E-state index contributed by atoms with van der Waals surface area (Å²) < 4.78 is 0. The second-order valence-electron chi connectivity index (χ2n) is 3.36. The Hall–Kier alpha value is -0.0300. The minimum atomic E-state index is 0. The van der Waals surface area contributed by atoms with Gasteiger partial charge >= 0.3 is 0 Å². The Kier molecular flexibility index (Phi) is 9.72. The molecule has 0 aromatic heterocycles. The van der Waals surface area contributed by atoms with Crippen LogP contribution in [-0.4, -0.2) is 30.4 Å². The van der Waals surface area contributed by atoms with Gasteiger partial charge in [0.05, 0.1) is 0 Å². The molecule has 0 spiro atoms. The van der Waals surface area contributed by atoms with Crippen LogP contribution in [0.3, 0.4) is 0 Å². The molecular weight excluding hydrogens is 225 g/mol. The van der Waals surface area contributed by atoms with Gasteiger partial charge in [0.2, 0.25) is 5.91 Å². The summed E-state index contributed by atoms with van der Waals surface area (Å²) >= 11 is 0. The molecule has 0 aliphatic carbocycles. The fourth-order valence-corrected chi connectivity index (χ4v) is 1.62. The van der Waals surface area contributed by atoms with Crippen LogP contribution >= 0.6 is 24.8 Å². The summed E-state index contributed by atoms with van der Waals surface area (Å²) in [6.45, 7) is 4.27. The zero-order valence-electron chi connectivity index (χ0n) is 8.36. The van der Waals surface area contributed by atoms with E-state index in [0.29, 0.717) is 5.92 Å². The molecule has 1 aliphatic rings. The van der Waals surface area contributed by atoms with E-state index in [0.717, 1.165) is 32.5 Å². The van der Waals surface area contributed by atoms with Crippen molar-refractivity contribution in [2.24, 2.45) is 11.8 Å². The van der Waals surface area contributed by atoms with Crippen LogP contribution in [0.4, 0.5) is 0 Å². The Morgan fingerprint density at radius 3 is 2.29 bits per heavy atom. The van der Waals surface area contributed by atoms with E-state index in [9.17, 15) is 4.79 Å². The molecule has 0 radical (unpaired) electrons. The van der Waals surface area contributed by atoms with Gasteiger partial charge in [0.25, 0.3) is 0 Å². The zero-order chi connectivity index (χ0) is 8.97. The van der Waals surface area contributed by atoms with Crippen LogP contribution in [0, 0.1) is 5.92 Å². The van der Waals surface area contributed by atoms with Gasteiger partial charge in [0, 0.05) is 26.6 Å². The number of nitrogens with zero attached hydrogens (tertiary/aromatic N) is 1. The third-order valence-electron chi connectivity index (χ3n) is 2.47. The lowest BCUT2D eigenvalue weighted by atomic mass is 9.97. The molecule has 14 heavy (non-hydrogen) atoms. The van der Waals surface area contributed by atoms with Gasteiger partial charge in [0.15, 0.2) is 0 Å². The normalized spacial score (nSPS) is 16.9. The molecule has 3 N–H and O–H groups in total. The van der Waals surface area contributed by atoms with Crippen LogP contribution in [0.2, 0.25) is 0 Å². The standard InChI is InChI=1S/C8H17N3O.2ClH/c1-7(12)11-4-2-8(3-5-11)6-10-9;;/h8,10H,2-6,9H2,1H3;2*1H. The number of likely N-dealkylation sites (tertiary alicyclic amines) is 1. The van der Waals surface area contributed by atoms with E-state index in [1.54, 1.807) is 6.92 Å². The van der Waals surface area contributed by atoms with E-state index in [-0.39, 0.29) is 30.7 Å². The molecule has 1 aliphatic heterocycles. The average Bonchev–Trinajstić information content (AvgIpc) is 2.06. The van der Waals surface area contributed by atoms with Gasteiger partial charge in [-0.15, -0.1) is 24.8 Å². The second-order valence-corrected chi connectivity index (χ2v) is 3.36. The van der Waals surface area contributed by atoms with Crippen molar-refractivity contribution in [3.8, 4) is 0 Å². The largest absolute Gasteiger partial charge is 0.343 e. The van der Waals surface area contributed by atoms with Crippen molar-refractivity contribution in [2.75, 3.05) is 19.6 Å². The topological polar surface area (TPSA) is 58.4 Å². The summed E-state index contributed by atoms with van der Waals surface area (Å²) in [5.41, 5.74) is 2.68. The van der Waals surface area contributed by atoms with Crippen molar-refractivity contribution < 1.29 is 4.79 Å². The first-order valence-electron chi connectivity index (χ1n) is 4.43. The average molecular weight is 244 g/mol. The molecule has 1 amide bonds. The smallest absolute Gasteiger partial charge is 0.219 e. The Morgan fingerprint density at radius 1 is 1.43 bits per heavy atom. The molecule has 6 heteroatoms. The third-order valence-corrected chi connectivity index (χ3v) is 2.47. The number of rotatable bonds is 2. The fraction of sp³-hybridized carbons (Fsp3) is 0.875. The SMILES string of the molecule is CC(=O)N1CCC(CNN)CC1.Cl.Cl. The minimum Gasteiger partial charge on any atom is -0.343 e. The fourth-order valence-electron chi connectivity index (χ4n) is 1.62. The van der Waals surface area contributed by atoms with E-state index in [4.69, 9.17) is 5.84 Å². The number of carbonyl (C=O) groups is 1. The first-order chi connectivity index (χ1) is 5.74. The molecule has 1 saturated heterocycles. The molecule has 0 atom stereocenters. The highest BCUT2D eigenvalue weighted by atomic mass is 35.5. The molecular formula is C8H19Cl2N3O. The maximum Gasteiger partial charge on any atom is 0.219 e. The molecule has 0 bridgehead atoms. The number of hydrogen-bond acceptors (Lipinski definition) is 3. The quantitative estimate of drug-likeness (QED) is 0.551. The molecule has 0 unspecified atom stereocenters. The number of amides is 1. The first kappa shape index (κ1) is 16.4. The minimum absolute atomic E-state index is 0. The summed E-state index contributed by atoms with van der Waals surface area (Å²) in [5.74, 6) is 6.06. The number of hydrazine groups is 1. The maximum absolute atomic E-state index is 10.9. The number of hydrogen-bond donors (Lipinski definition) is 2. The first-order valence-corrected chi connectivity index (χ1v) is 4.43. The number of carbonyl (C=O) groups excluding carboxylic acids is 1. The van der Waals surface area contributed by atoms with Crippen LogP contribution in [0.5, 0.6) is 0 Å². The molecule has 0 aromatic rings. The highest BCUT2D eigenvalue weighted by Crippen LogP contribution is 2.15. The van der Waals surface area contributed by atoms with Gasteiger partial charge in [-0.1, -0.05) is 0 Å². The zero-order valence-corrected chi connectivity index (χ0v) is 10.00. The predicted octanol–water partition coefficient (Wildman–Crippen LogP) is 0.552. The summed E-state index contributed by atoms with van der Waals surface area (Å²) in [6, 6.07) is 0. The summed E-state index contributed by atoms with van der Waals surface area (Å²) in [5, 5.41) is 0. The second kappa shape index (κ2) is 8.29.